The van der Waals surface area contributed by atoms with Gasteiger partial charge in [-0.3, -0.25) is 0 Å². The van der Waals surface area contributed by atoms with Gasteiger partial charge in [0.2, 0.25) is 0 Å². The Morgan fingerprint density at radius 3 is 0.766 bits per heavy atom. The maximum absolute atomic E-state index is 2.36. The normalized spacial score (nSPS) is 11.8. The largest absolute Gasteiger partial charge is 0.0622 e. The van der Waals surface area contributed by atoms with E-state index < -0.39 is 0 Å². The summed E-state index contributed by atoms with van der Waals surface area (Å²) in [6.45, 7) is 0. The lowest BCUT2D eigenvalue weighted by Crippen LogP contribution is -1.96. The van der Waals surface area contributed by atoms with Crippen molar-refractivity contribution < 1.29 is 0 Å². The molecule has 0 saturated carbocycles. The van der Waals surface area contributed by atoms with Gasteiger partial charge in [0.1, 0.15) is 0 Å². The van der Waals surface area contributed by atoms with E-state index in [0.717, 1.165) is 0 Å². The summed E-state index contributed by atoms with van der Waals surface area (Å²) in [5.41, 5.74) is 12.5. The van der Waals surface area contributed by atoms with Crippen LogP contribution in [-0.4, -0.2) is 0 Å². The Kier molecular flexibility index (Phi) is 8.32. The molecule has 0 aromatic heterocycles. The van der Waals surface area contributed by atoms with Gasteiger partial charge < -0.3 is 0 Å². The van der Waals surface area contributed by atoms with Gasteiger partial charge in [-0.05, 0) is 137 Å². The lowest BCUT2D eigenvalue weighted by atomic mass is 9.79. The number of hydrogen-bond donors (Lipinski definition) is 0. The topological polar surface area (TPSA) is 0 Å². The molecular weight excluding hydrogens is 769 g/mol. The van der Waals surface area contributed by atoms with Crippen molar-refractivity contribution in [3.8, 4) is 55.6 Å². The van der Waals surface area contributed by atoms with Gasteiger partial charge in [0.25, 0.3) is 0 Å². The Bertz CT molecular complexity index is 3820. The Hall–Kier alpha value is -8.32. The van der Waals surface area contributed by atoms with Crippen LogP contribution in [0.2, 0.25) is 0 Å². The van der Waals surface area contributed by atoms with Gasteiger partial charge in [0.15, 0.2) is 0 Å². The van der Waals surface area contributed by atoms with E-state index in [1.807, 2.05) is 0 Å². The third kappa shape index (κ3) is 5.56. The molecule has 0 aliphatic carbocycles. The summed E-state index contributed by atoms with van der Waals surface area (Å²) >= 11 is 0. The molecule has 0 bridgehead atoms. The third-order valence-corrected chi connectivity index (χ3v) is 13.6. The average Bonchev–Trinajstić information content (AvgIpc) is 3.37. The zero-order valence-electron chi connectivity index (χ0n) is 35.1. The van der Waals surface area contributed by atoms with Crippen molar-refractivity contribution in [2.75, 3.05) is 0 Å². The highest BCUT2D eigenvalue weighted by atomic mass is 14.3. The van der Waals surface area contributed by atoms with E-state index >= 15 is 0 Å². The van der Waals surface area contributed by atoms with Gasteiger partial charge in [-0.2, -0.15) is 0 Å². The molecule has 13 rings (SSSR count). The van der Waals surface area contributed by atoms with Crippen LogP contribution in [0.5, 0.6) is 0 Å². The standard InChI is InChI=1S/C64H40/c1-2-18-41(19-3-1)43-34-37-44(38-35-43)59-47-22-6-10-26-51(47)61(52-27-11-7-23-48(52)59)63-55-30-14-16-32-57(55)64(58-33-17-15-31-56(58)63)62-53-28-12-8-24-49(53)60(50-25-9-13-29-54(50)62)46-39-36-42-20-4-5-21-45(42)40-46/h1-40H. The predicted molar refractivity (Wildman–Crippen MR) is 276 cm³/mol. The molecule has 13 aromatic carbocycles. The molecule has 0 aliphatic rings. The number of benzene rings is 13. The van der Waals surface area contributed by atoms with Gasteiger partial charge in [0.05, 0.1) is 0 Å². The summed E-state index contributed by atoms with van der Waals surface area (Å²) in [6, 6.07) is 89.9. The van der Waals surface area contributed by atoms with E-state index in [0.29, 0.717) is 0 Å². The summed E-state index contributed by atoms with van der Waals surface area (Å²) in [5, 5.41) is 17.5. The van der Waals surface area contributed by atoms with E-state index in [4.69, 9.17) is 0 Å². The average molecular weight is 809 g/mol. The first-order valence-corrected chi connectivity index (χ1v) is 22.3. The molecular formula is C64H40. The second kappa shape index (κ2) is 14.7. The molecule has 0 aliphatic heterocycles. The maximum atomic E-state index is 2.36. The molecule has 0 atom stereocenters. The molecule has 0 spiro atoms. The minimum absolute atomic E-state index is 1.22. The smallest absolute Gasteiger partial charge is 0.00139 e. The summed E-state index contributed by atoms with van der Waals surface area (Å²) in [5.74, 6) is 0. The van der Waals surface area contributed by atoms with Crippen molar-refractivity contribution in [1.29, 1.82) is 0 Å². The highest BCUT2D eigenvalue weighted by molar-refractivity contribution is 6.33. The Balaban J connectivity index is 1.12. The second-order valence-electron chi connectivity index (χ2n) is 17.0. The second-order valence-corrected chi connectivity index (χ2v) is 17.0. The number of rotatable bonds is 5. The van der Waals surface area contributed by atoms with Crippen LogP contribution in [0.4, 0.5) is 0 Å². The quantitative estimate of drug-likeness (QED) is 0.152. The number of hydrogen-bond acceptors (Lipinski definition) is 0. The molecule has 0 fully saturated rings. The minimum atomic E-state index is 1.22. The molecule has 13 aromatic rings. The summed E-state index contributed by atoms with van der Waals surface area (Å²) in [6.07, 6.45) is 0. The van der Waals surface area contributed by atoms with E-state index in [1.165, 1.54) is 131 Å². The lowest BCUT2D eigenvalue weighted by molar-refractivity contribution is 1.61. The first-order chi connectivity index (χ1) is 31.8. The molecule has 64 heavy (non-hydrogen) atoms. The Morgan fingerprint density at radius 1 is 0.141 bits per heavy atom. The first kappa shape index (κ1) is 36.3. The summed E-state index contributed by atoms with van der Waals surface area (Å²) in [7, 11) is 0. The van der Waals surface area contributed by atoms with Crippen molar-refractivity contribution in [3.63, 3.8) is 0 Å². The van der Waals surface area contributed by atoms with Crippen LogP contribution in [0.3, 0.4) is 0 Å². The monoisotopic (exact) mass is 808 g/mol. The minimum Gasteiger partial charge on any atom is -0.0622 e. The van der Waals surface area contributed by atoms with Crippen molar-refractivity contribution in [2.45, 2.75) is 0 Å². The van der Waals surface area contributed by atoms with Crippen LogP contribution in [0.15, 0.2) is 243 Å². The lowest BCUT2D eigenvalue weighted by Gasteiger charge is -2.24. The van der Waals surface area contributed by atoms with Crippen molar-refractivity contribution in [2.24, 2.45) is 0 Å². The summed E-state index contributed by atoms with van der Waals surface area (Å²) < 4.78 is 0. The molecule has 0 saturated heterocycles. The van der Waals surface area contributed by atoms with Crippen LogP contribution in [-0.2, 0) is 0 Å². The molecule has 0 unspecified atom stereocenters. The highest BCUT2D eigenvalue weighted by Crippen LogP contribution is 2.53. The Morgan fingerprint density at radius 2 is 0.391 bits per heavy atom. The zero-order chi connectivity index (χ0) is 42.1. The van der Waals surface area contributed by atoms with Gasteiger partial charge in [-0.15, -0.1) is 0 Å². The van der Waals surface area contributed by atoms with E-state index in [2.05, 4.69) is 243 Å². The fourth-order valence-corrected chi connectivity index (χ4v) is 10.9. The van der Waals surface area contributed by atoms with Gasteiger partial charge in [-0.1, -0.05) is 237 Å². The molecule has 296 valence electrons. The predicted octanol–water partition coefficient (Wildman–Crippen LogP) is 18.1. The van der Waals surface area contributed by atoms with Crippen LogP contribution in [0.1, 0.15) is 0 Å². The van der Waals surface area contributed by atoms with Gasteiger partial charge in [-0.25, -0.2) is 0 Å². The van der Waals surface area contributed by atoms with Crippen molar-refractivity contribution in [3.05, 3.63) is 243 Å². The fourth-order valence-electron chi connectivity index (χ4n) is 10.9. The van der Waals surface area contributed by atoms with E-state index in [-0.39, 0.29) is 0 Å². The van der Waals surface area contributed by atoms with Crippen molar-refractivity contribution in [1.82, 2.24) is 0 Å². The molecule has 0 nitrogen and oxygen atoms in total. The van der Waals surface area contributed by atoms with Crippen LogP contribution in [0, 0.1) is 0 Å². The van der Waals surface area contributed by atoms with Gasteiger partial charge >= 0.3 is 0 Å². The zero-order valence-corrected chi connectivity index (χ0v) is 35.1. The highest BCUT2D eigenvalue weighted by Gasteiger charge is 2.25. The van der Waals surface area contributed by atoms with Gasteiger partial charge in [0, 0.05) is 0 Å². The third-order valence-electron chi connectivity index (χ3n) is 13.6. The van der Waals surface area contributed by atoms with Crippen molar-refractivity contribution >= 4 is 75.4 Å². The van der Waals surface area contributed by atoms with Crippen LogP contribution in [0.25, 0.3) is 131 Å². The SMILES string of the molecule is c1ccc(-c2ccc(-c3c4ccccc4c(-c4c5ccccc5c(-c5c6ccccc6c(-c6ccc7ccccc7c6)c6ccccc56)c5ccccc45)c4ccccc34)cc2)cc1. The molecule has 0 amide bonds. The maximum Gasteiger partial charge on any atom is -0.00139 e. The van der Waals surface area contributed by atoms with Crippen LogP contribution >= 0.6 is 0 Å². The first-order valence-electron chi connectivity index (χ1n) is 22.3. The Labute approximate surface area is 371 Å². The number of fused-ring (bicyclic) bond motifs is 7. The fraction of sp³-hybridized carbons (Fsp3) is 0. The van der Waals surface area contributed by atoms with Crippen LogP contribution < -0.4 is 0 Å². The molecule has 0 heterocycles. The van der Waals surface area contributed by atoms with E-state index in [9.17, 15) is 0 Å². The summed E-state index contributed by atoms with van der Waals surface area (Å²) in [4.78, 5) is 0. The molecule has 0 heteroatoms. The molecule has 0 N–H and O–H groups in total. The van der Waals surface area contributed by atoms with E-state index in [1.54, 1.807) is 0 Å². The molecule has 0 radical (unpaired) electrons.